The fourth-order valence-corrected chi connectivity index (χ4v) is 2.34. The number of nitrogen functional groups attached to an aromatic ring is 1. The van der Waals surface area contributed by atoms with Crippen molar-refractivity contribution in [1.29, 1.82) is 0 Å². The number of anilines is 2. The second-order valence-corrected chi connectivity index (χ2v) is 5.48. The minimum atomic E-state index is 0.345. The van der Waals surface area contributed by atoms with Crippen LogP contribution >= 0.6 is 11.6 Å². The normalized spacial score (nSPS) is 13.9. The second-order valence-electron chi connectivity index (χ2n) is 5.07. The average molecular weight is 314 g/mol. The Morgan fingerprint density at radius 2 is 2.18 bits per heavy atom. The first-order chi connectivity index (χ1) is 10.6. The molecule has 2 heterocycles. The van der Waals surface area contributed by atoms with Crippen molar-refractivity contribution in [1.82, 2.24) is 4.98 Å². The molecule has 0 amide bonds. The molecule has 0 atom stereocenters. The van der Waals surface area contributed by atoms with E-state index in [2.05, 4.69) is 35.2 Å². The Kier molecular flexibility index (Phi) is 4.02. The van der Waals surface area contributed by atoms with E-state index >= 15 is 0 Å². The van der Waals surface area contributed by atoms with E-state index in [-0.39, 0.29) is 0 Å². The van der Waals surface area contributed by atoms with Gasteiger partial charge in [0.05, 0.1) is 11.9 Å². The summed E-state index contributed by atoms with van der Waals surface area (Å²) in [4.78, 5) is 6.25. The highest BCUT2D eigenvalue weighted by Gasteiger charge is 2.09. The van der Waals surface area contributed by atoms with E-state index in [4.69, 9.17) is 22.1 Å². The van der Waals surface area contributed by atoms with Gasteiger partial charge in [-0.15, -0.1) is 0 Å². The molecule has 1 aromatic heterocycles. The summed E-state index contributed by atoms with van der Waals surface area (Å²) >= 11 is 6.09. The van der Waals surface area contributed by atoms with Crippen molar-refractivity contribution < 1.29 is 4.74 Å². The average Bonchev–Trinajstić information content (AvgIpc) is 2.51. The number of rotatable bonds is 3. The quantitative estimate of drug-likeness (QED) is 0.913. The number of hydrogen-bond donors (Lipinski definition) is 1. The van der Waals surface area contributed by atoms with Crippen molar-refractivity contribution in [2.75, 3.05) is 17.2 Å². The number of aromatic nitrogens is 1. The lowest BCUT2D eigenvalue weighted by molar-refractivity contribution is 0.463. The van der Waals surface area contributed by atoms with E-state index in [1.807, 2.05) is 24.3 Å². The summed E-state index contributed by atoms with van der Waals surface area (Å²) in [6, 6.07) is 9.41. The molecule has 22 heavy (non-hydrogen) atoms. The molecule has 0 bridgehead atoms. The number of nitrogens with zero attached hydrogens (tertiary/aromatic N) is 2. The lowest BCUT2D eigenvalue weighted by atomic mass is 10.2. The maximum Gasteiger partial charge on any atom is 0.238 e. The van der Waals surface area contributed by atoms with Gasteiger partial charge in [-0.2, -0.15) is 0 Å². The number of hydrogen-bond acceptors (Lipinski definition) is 4. The predicted molar refractivity (Wildman–Crippen MR) is 90.4 cm³/mol. The molecule has 0 spiro atoms. The number of nitrogens with two attached hydrogens (primary N) is 1. The fourth-order valence-electron chi connectivity index (χ4n) is 2.12. The highest BCUT2D eigenvalue weighted by Crippen LogP contribution is 2.30. The van der Waals surface area contributed by atoms with Crippen LogP contribution in [0.25, 0.3) is 0 Å². The molecule has 0 radical (unpaired) electrons. The molecular formula is C17H16ClN3O. The number of pyridine rings is 1. The first-order valence-electron chi connectivity index (χ1n) is 6.92. The third-order valence-electron chi connectivity index (χ3n) is 3.32. The van der Waals surface area contributed by atoms with Crippen molar-refractivity contribution >= 4 is 23.0 Å². The van der Waals surface area contributed by atoms with Gasteiger partial charge in [0.1, 0.15) is 10.8 Å². The Balaban J connectivity index is 1.81. The molecule has 0 aliphatic carbocycles. The summed E-state index contributed by atoms with van der Waals surface area (Å²) < 4.78 is 5.75. The first-order valence-corrected chi connectivity index (χ1v) is 7.30. The van der Waals surface area contributed by atoms with E-state index in [1.54, 1.807) is 6.07 Å². The van der Waals surface area contributed by atoms with Crippen molar-refractivity contribution in [2.45, 2.75) is 6.92 Å². The Bertz CT molecular complexity index is 755. The Labute approximate surface area is 134 Å². The summed E-state index contributed by atoms with van der Waals surface area (Å²) in [5, 5.41) is 0.391. The molecular weight excluding hydrogens is 298 g/mol. The van der Waals surface area contributed by atoms with E-state index in [0.29, 0.717) is 22.3 Å². The largest absolute Gasteiger partial charge is 0.437 e. The Morgan fingerprint density at radius 3 is 2.91 bits per heavy atom. The van der Waals surface area contributed by atoms with E-state index < -0.39 is 0 Å². The van der Waals surface area contributed by atoms with Crippen molar-refractivity contribution in [3.8, 4) is 11.6 Å². The SMILES string of the molecule is CC1=CCN(c2cccc(Oc3ncc(N)cc3Cl)c2)C=C1. The molecule has 2 aromatic rings. The van der Waals surface area contributed by atoms with Crippen molar-refractivity contribution in [3.05, 3.63) is 65.5 Å². The Morgan fingerprint density at radius 1 is 1.32 bits per heavy atom. The zero-order valence-corrected chi connectivity index (χ0v) is 12.9. The Hall–Kier alpha value is -2.46. The van der Waals surface area contributed by atoms with E-state index in [0.717, 1.165) is 12.2 Å². The highest BCUT2D eigenvalue weighted by molar-refractivity contribution is 6.32. The van der Waals surface area contributed by atoms with Gasteiger partial charge < -0.3 is 15.4 Å². The molecule has 0 saturated carbocycles. The molecule has 3 rings (SSSR count). The van der Waals surface area contributed by atoms with Crippen LogP contribution in [-0.4, -0.2) is 11.5 Å². The van der Waals surface area contributed by atoms with Gasteiger partial charge in [-0.25, -0.2) is 4.98 Å². The number of allylic oxidation sites excluding steroid dienone is 2. The minimum absolute atomic E-state index is 0.345. The summed E-state index contributed by atoms with van der Waals surface area (Å²) in [5.41, 5.74) is 8.45. The van der Waals surface area contributed by atoms with Crippen LogP contribution in [0.3, 0.4) is 0 Å². The molecule has 0 unspecified atom stereocenters. The van der Waals surface area contributed by atoms with Gasteiger partial charge in [-0.1, -0.05) is 29.3 Å². The standard InChI is InChI=1S/C17H16ClN3O/c1-12-5-7-21(8-6-12)14-3-2-4-15(10-14)22-17-16(18)9-13(19)11-20-17/h2-7,9-11H,8,19H2,1H3. The monoisotopic (exact) mass is 313 g/mol. The van der Waals surface area contributed by atoms with Gasteiger partial charge in [-0.3, -0.25) is 0 Å². The van der Waals surface area contributed by atoms with Gasteiger partial charge in [-0.05, 0) is 31.2 Å². The zero-order chi connectivity index (χ0) is 15.5. The van der Waals surface area contributed by atoms with Gasteiger partial charge in [0.2, 0.25) is 5.88 Å². The van der Waals surface area contributed by atoms with Crippen molar-refractivity contribution in [2.24, 2.45) is 0 Å². The summed E-state index contributed by atoms with van der Waals surface area (Å²) in [6.07, 6.45) is 7.83. The maximum atomic E-state index is 6.09. The van der Waals surface area contributed by atoms with E-state index in [1.165, 1.54) is 11.8 Å². The fraction of sp³-hybridized carbons (Fsp3) is 0.118. The van der Waals surface area contributed by atoms with Gasteiger partial charge >= 0.3 is 0 Å². The summed E-state index contributed by atoms with van der Waals surface area (Å²) in [7, 11) is 0. The molecule has 0 saturated heterocycles. The summed E-state index contributed by atoms with van der Waals surface area (Å²) in [6.45, 7) is 2.93. The number of halogens is 1. The molecule has 5 heteroatoms. The lowest BCUT2D eigenvalue weighted by Gasteiger charge is -2.22. The first kappa shape index (κ1) is 14.5. The second kappa shape index (κ2) is 6.12. The van der Waals surface area contributed by atoms with Crippen LogP contribution in [0, 0.1) is 0 Å². The van der Waals surface area contributed by atoms with Crippen LogP contribution < -0.4 is 15.4 Å². The van der Waals surface area contributed by atoms with Crippen LogP contribution in [0.4, 0.5) is 11.4 Å². The molecule has 1 aliphatic rings. The summed E-state index contributed by atoms with van der Waals surface area (Å²) in [5.74, 6) is 1.02. The van der Waals surface area contributed by atoms with E-state index in [9.17, 15) is 0 Å². The van der Waals surface area contributed by atoms with Crippen LogP contribution in [-0.2, 0) is 0 Å². The number of benzene rings is 1. The minimum Gasteiger partial charge on any atom is -0.437 e. The van der Waals surface area contributed by atoms with Gasteiger partial charge in [0, 0.05) is 24.5 Å². The molecule has 1 aliphatic heterocycles. The van der Waals surface area contributed by atoms with Crippen molar-refractivity contribution in [3.63, 3.8) is 0 Å². The third kappa shape index (κ3) is 3.23. The van der Waals surface area contributed by atoms with Crippen LogP contribution in [0.5, 0.6) is 11.6 Å². The molecule has 1 aromatic carbocycles. The van der Waals surface area contributed by atoms with Gasteiger partial charge in [0.25, 0.3) is 0 Å². The molecule has 0 fully saturated rings. The van der Waals surface area contributed by atoms with Crippen LogP contribution in [0.1, 0.15) is 6.92 Å². The van der Waals surface area contributed by atoms with Crippen LogP contribution in [0.2, 0.25) is 5.02 Å². The predicted octanol–water partition coefficient (Wildman–Crippen LogP) is 4.39. The van der Waals surface area contributed by atoms with Crippen LogP contribution in [0.15, 0.2) is 60.5 Å². The zero-order valence-electron chi connectivity index (χ0n) is 12.2. The third-order valence-corrected chi connectivity index (χ3v) is 3.59. The number of ether oxygens (including phenoxy) is 1. The topological polar surface area (TPSA) is 51.4 Å². The highest BCUT2D eigenvalue weighted by atomic mass is 35.5. The lowest BCUT2D eigenvalue weighted by Crippen LogP contribution is -2.18. The molecule has 2 N–H and O–H groups in total. The molecule has 112 valence electrons. The maximum absolute atomic E-state index is 6.09. The van der Waals surface area contributed by atoms with Gasteiger partial charge in [0.15, 0.2) is 0 Å². The smallest absolute Gasteiger partial charge is 0.238 e. The molecule has 4 nitrogen and oxygen atoms in total.